The Bertz CT molecular complexity index is 924. The first kappa shape index (κ1) is 16.2. The zero-order chi connectivity index (χ0) is 17.3. The minimum absolute atomic E-state index is 0.335. The summed E-state index contributed by atoms with van der Waals surface area (Å²) in [5.74, 6) is 0.105. The Morgan fingerprint density at radius 1 is 1.25 bits per heavy atom. The largest absolute Gasteiger partial charge is 0.495 e. The van der Waals surface area contributed by atoms with Crippen molar-refractivity contribution in [1.29, 1.82) is 0 Å². The summed E-state index contributed by atoms with van der Waals surface area (Å²) in [6, 6.07) is 6.79. The molecule has 1 unspecified atom stereocenters. The molecule has 2 aliphatic rings. The predicted octanol–water partition coefficient (Wildman–Crippen LogP) is 2.23. The molecule has 1 aliphatic heterocycles. The Morgan fingerprint density at radius 3 is 2.75 bits per heavy atom. The van der Waals surface area contributed by atoms with E-state index < -0.39 is 15.3 Å². The van der Waals surface area contributed by atoms with E-state index in [2.05, 4.69) is 9.71 Å². The Kier molecular flexibility index (Phi) is 4.11. The van der Waals surface area contributed by atoms with Gasteiger partial charge in [0.1, 0.15) is 11.0 Å². The summed E-state index contributed by atoms with van der Waals surface area (Å²) in [6.07, 6.45) is 6.06. The van der Waals surface area contributed by atoms with Gasteiger partial charge in [0.25, 0.3) is 5.91 Å². The number of ether oxygens (including phenoxy) is 1. The number of allylic oxidation sites excluding steroid dienone is 3. The molecule has 124 valence electrons. The van der Waals surface area contributed by atoms with Crippen molar-refractivity contribution in [3.8, 4) is 5.75 Å². The quantitative estimate of drug-likeness (QED) is 0.908. The van der Waals surface area contributed by atoms with Gasteiger partial charge in [0.05, 0.1) is 18.5 Å². The summed E-state index contributed by atoms with van der Waals surface area (Å²) < 4.78 is 33.1. The van der Waals surface area contributed by atoms with Crippen LogP contribution in [0.15, 0.2) is 64.7 Å². The maximum Gasteiger partial charge on any atom is 0.270 e. The Balaban J connectivity index is 1.92. The Labute approximate surface area is 140 Å². The van der Waals surface area contributed by atoms with Crippen LogP contribution in [-0.2, 0) is 14.8 Å². The fraction of sp³-hybridized carbons (Fsp3) is 0.176. The van der Waals surface area contributed by atoms with E-state index in [9.17, 15) is 13.2 Å². The van der Waals surface area contributed by atoms with Crippen LogP contribution >= 0.6 is 0 Å². The molecule has 1 aromatic rings. The van der Waals surface area contributed by atoms with Gasteiger partial charge in [0, 0.05) is 11.6 Å². The first-order valence-corrected chi connectivity index (χ1v) is 8.82. The molecule has 6 nitrogen and oxygen atoms in total. The van der Waals surface area contributed by atoms with Crippen molar-refractivity contribution < 1.29 is 17.9 Å². The smallest absolute Gasteiger partial charge is 0.270 e. The maximum absolute atomic E-state index is 12.7. The highest BCUT2D eigenvalue weighted by Gasteiger charge is 2.28. The molecule has 0 spiro atoms. The molecule has 0 saturated heterocycles. The molecule has 1 amide bonds. The fourth-order valence-corrected chi connectivity index (χ4v) is 3.78. The molecular formula is C17H16N2O4S. The molecule has 1 N–H and O–H groups in total. The van der Waals surface area contributed by atoms with Crippen molar-refractivity contribution in [1.82, 2.24) is 0 Å². The second-order valence-corrected chi connectivity index (χ2v) is 7.25. The zero-order valence-electron chi connectivity index (χ0n) is 13.2. The van der Waals surface area contributed by atoms with E-state index in [1.54, 1.807) is 43.3 Å². The van der Waals surface area contributed by atoms with Gasteiger partial charge in [-0.1, -0.05) is 24.3 Å². The van der Waals surface area contributed by atoms with Gasteiger partial charge >= 0.3 is 0 Å². The predicted molar refractivity (Wildman–Crippen MR) is 92.7 cm³/mol. The molecule has 1 atom stereocenters. The molecule has 1 aliphatic carbocycles. The van der Waals surface area contributed by atoms with E-state index in [0.29, 0.717) is 28.3 Å². The summed E-state index contributed by atoms with van der Waals surface area (Å²) in [7, 11) is -2.24. The monoisotopic (exact) mass is 344 g/mol. The minimum Gasteiger partial charge on any atom is -0.495 e. The standard InChI is InChI=1S/C17H16N2O4S/c1-11-9-17(20)18-14-8-7-12(10-13(11)14)24(21,22)19-15-5-3-4-6-16(15)23-2/h3-10,12,19H,1-2H3. The fourth-order valence-electron chi connectivity index (χ4n) is 2.57. The van der Waals surface area contributed by atoms with Crippen LogP contribution < -0.4 is 9.46 Å². The third kappa shape index (κ3) is 3.03. The van der Waals surface area contributed by atoms with Gasteiger partial charge in [-0.3, -0.25) is 9.52 Å². The normalized spacial score (nSPS) is 19.8. The average molecular weight is 344 g/mol. The average Bonchev–Trinajstić information content (AvgIpc) is 2.54. The number of nitrogens with one attached hydrogen (secondary N) is 1. The molecule has 1 heterocycles. The van der Waals surface area contributed by atoms with Crippen LogP contribution in [0, 0.1) is 0 Å². The third-order valence-corrected chi connectivity index (χ3v) is 5.28. The summed E-state index contributed by atoms with van der Waals surface area (Å²) in [4.78, 5) is 15.3. The molecule has 0 fully saturated rings. The Hall–Kier alpha value is -2.67. The second kappa shape index (κ2) is 6.09. The lowest BCUT2D eigenvalue weighted by atomic mass is 9.94. The lowest BCUT2D eigenvalue weighted by molar-refractivity contribution is -0.113. The maximum atomic E-state index is 12.7. The molecule has 3 rings (SSSR count). The van der Waals surface area contributed by atoms with E-state index in [1.165, 1.54) is 19.3 Å². The van der Waals surface area contributed by atoms with Crippen molar-refractivity contribution >= 4 is 27.3 Å². The third-order valence-electron chi connectivity index (χ3n) is 3.76. The SMILES string of the molecule is COc1ccccc1NS(=O)(=O)C1C=CC2=NC(=O)C=C(C)C2=C1. The molecule has 0 saturated carbocycles. The first-order valence-electron chi connectivity index (χ1n) is 7.27. The van der Waals surface area contributed by atoms with Crippen molar-refractivity contribution in [3.05, 3.63) is 59.7 Å². The Morgan fingerprint density at radius 2 is 2.00 bits per heavy atom. The number of benzene rings is 1. The van der Waals surface area contributed by atoms with Crippen LogP contribution in [-0.4, -0.2) is 32.4 Å². The highest BCUT2D eigenvalue weighted by molar-refractivity contribution is 7.93. The van der Waals surface area contributed by atoms with Gasteiger partial charge in [0.2, 0.25) is 10.0 Å². The van der Waals surface area contributed by atoms with Gasteiger partial charge in [-0.05, 0) is 30.7 Å². The molecule has 0 radical (unpaired) electrons. The van der Waals surface area contributed by atoms with Crippen LogP contribution in [0.25, 0.3) is 0 Å². The number of nitrogens with zero attached hydrogens (tertiary/aromatic N) is 1. The summed E-state index contributed by atoms with van der Waals surface area (Å²) in [5.41, 5.74) is 2.22. The van der Waals surface area contributed by atoms with Gasteiger partial charge in [-0.2, -0.15) is 0 Å². The van der Waals surface area contributed by atoms with E-state index in [4.69, 9.17) is 4.74 Å². The van der Waals surface area contributed by atoms with E-state index in [0.717, 1.165) is 0 Å². The number of sulfonamides is 1. The van der Waals surface area contributed by atoms with Gasteiger partial charge in [0.15, 0.2) is 0 Å². The van der Waals surface area contributed by atoms with Crippen LogP contribution in [0.5, 0.6) is 5.75 Å². The number of methoxy groups -OCH3 is 1. The lowest BCUT2D eigenvalue weighted by Gasteiger charge is -2.21. The number of anilines is 1. The molecule has 0 bridgehead atoms. The number of aliphatic imine (C=N–C) groups is 1. The van der Waals surface area contributed by atoms with Crippen LogP contribution in [0.3, 0.4) is 0 Å². The van der Waals surface area contributed by atoms with Gasteiger partial charge in [-0.25, -0.2) is 13.4 Å². The number of hydrogen-bond donors (Lipinski definition) is 1. The highest BCUT2D eigenvalue weighted by Crippen LogP contribution is 2.28. The molecule has 7 heteroatoms. The first-order chi connectivity index (χ1) is 11.4. The van der Waals surface area contributed by atoms with Crippen LogP contribution in [0.2, 0.25) is 0 Å². The topological polar surface area (TPSA) is 84.8 Å². The van der Waals surface area contributed by atoms with E-state index in [1.807, 2.05) is 0 Å². The van der Waals surface area contributed by atoms with Crippen molar-refractivity contribution in [2.45, 2.75) is 12.2 Å². The van der Waals surface area contributed by atoms with Gasteiger partial charge < -0.3 is 4.74 Å². The number of amides is 1. The zero-order valence-corrected chi connectivity index (χ0v) is 14.0. The van der Waals surface area contributed by atoms with Gasteiger partial charge in [-0.15, -0.1) is 0 Å². The van der Waals surface area contributed by atoms with Crippen molar-refractivity contribution in [3.63, 3.8) is 0 Å². The molecule has 24 heavy (non-hydrogen) atoms. The highest BCUT2D eigenvalue weighted by atomic mass is 32.2. The second-order valence-electron chi connectivity index (χ2n) is 5.41. The molecule has 1 aromatic carbocycles. The number of rotatable bonds is 4. The summed E-state index contributed by atoms with van der Waals surface area (Å²) in [5, 5.41) is -0.868. The van der Waals surface area contributed by atoms with Crippen molar-refractivity contribution in [2.24, 2.45) is 4.99 Å². The summed E-state index contributed by atoms with van der Waals surface area (Å²) in [6.45, 7) is 1.76. The molecule has 0 aromatic heterocycles. The number of fused-ring (bicyclic) bond motifs is 1. The van der Waals surface area contributed by atoms with Crippen molar-refractivity contribution in [2.75, 3.05) is 11.8 Å². The number of para-hydroxylation sites is 2. The van der Waals surface area contributed by atoms with E-state index in [-0.39, 0.29) is 5.91 Å². The van der Waals surface area contributed by atoms with Crippen LogP contribution in [0.4, 0.5) is 5.69 Å². The number of carbonyl (C=O) groups excluding carboxylic acids is 1. The number of carbonyl (C=O) groups is 1. The van der Waals surface area contributed by atoms with Crippen LogP contribution in [0.1, 0.15) is 6.92 Å². The molecular weight excluding hydrogens is 328 g/mol. The lowest BCUT2D eigenvalue weighted by Crippen LogP contribution is -2.28. The summed E-state index contributed by atoms with van der Waals surface area (Å²) >= 11 is 0. The van der Waals surface area contributed by atoms with E-state index >= 15 is 0 Å². The minimum atomic E-state index is -3.72. The number of dihydropyridines is 1. The number of hydrogen-bond acceptors (Lipinski definition) is 4.